The van der Waals surface area contributed by atoms with E-state index in [0.29, 0.717) is 17.2 Å². The van der Waals surface area contributed by atoms with Crippen molar-refractivity contribution < 1.29 is 19.1 Å². The minimum atomic E-state index is -0.506. The van der Waals surface area contributed by atoms with Gasteiger partial charge in [0.05, 0.1) is 23.8 Å². The molecule has 1 aliphatic heterocycles. The Morgan fingerprint density at radius 3 is 2.53 bits per heavy atom. The van der Waals surface area contributed by atoms with E-state index in [1.54, 1.807) is 28.9 Å². The van der Waals surface area contributed by atoms with Crippen LogP contribution in [0.25, 0.3) is 16.5 Å². The third-order valence-corrected chi connectivity index (χ3v) is 5.85. The van der Waals surface area contributed by atoms with Crippen molar-refractivity contribution in [1.29, 1.82) is 0 Å². The molecule has 0 amide bonds. The fraction of sp³-hybridized carbons (Fsp3) is 0.280. The molecule has 0 aliphatic carbocycles. The Balaban J connectivity index is 1.62. The van der Waals surface area contributed by atoms with Crippen molar-refractivity contribution in [3.05, 3.63) is 71.4 Å². The van der Waals surface area contributed by atoms with Crippen LogP contribution < -0.4 is 10.6 Å². The van der Waals surface area contributed by atoms with Gasteiger partial charge in [0.25, 0.3) is 0 Å². The standard InChI is InChI=1S/C25H27N3O4/c1-16(2)27-11-9-17(10-12-27)22-15-28(26)23-8-7-19(14-21(22)23)25(30)32-20-6-4-5-18(13-20)24(29)31-3/h4-9,13-16H,10-12,26H2,1-3H3. The first-order valence-electron chi connectivity index (χ1n) is 10.6. The van der Waals surface area contributed by atoms with Gasteiger partial charge in [0, 0.05) is 36.3 Å². The quantitative estimate of drug-likeness (QED) is 0.374. The Morgan fingerprint density at radius 1 is 1.06 bits per heavy atom. The first-order valence-corrected chi connectivity index (χ1v) is 10.6. The number of carbonyl (C=O) groups is 2. The van der Waals surface area contributed by atoms with Crippen molar-refractivity contribution in [3.8, 4) is 5.75 Å². The molecule has 0 saturated carbocycles. The highest BCUT2D eigenvalue weighted by molar-refractivity contribution is 6.00. The van der Waals surface area contributed by atoms with Crippen LogP contribution in [0.15, 0.2) is 54.7 Å². The van der Waals surface area contributed by atoms with Gasteiger partial charge in [-0.1, -0.05) is 12.1 Å². The van der Waals surface area contributed by atoms with Crippen LogP contribution in [0.3, 0.4) is 0 Å². The average Bonchev–Trinajstić information content (AvgIpc) is 3.14. The molecular formula is C25H27N3O4. The average molecular weight is 434 g/mol. The normalized spacial score (nSPS) is 14.4. The van der Waals surface area contributed by atoms with E-state index in [1.807, 2.05) is 18.3 Å². The predicted octanol–water partition coefficient (Wildman–Crippen LogP) is 3.86. The maximum absolute atomic E-state index is 12.8. The molecule has 32 heavy (non-hydrogen) atoms. The van der Waals surface area contributed by atoms with E-state index in [1.165, 1.54) is 18.7 Å². The molecule has 0 unspecified atom stereocenters. The molecule has 0 radical (unpaired) electrons. The summed E-state index contributed by atoms with van der Waals surface area (Å²) in [6, 6.07) is 12.2. The molecule has 2 aromatic carbocycles. The number of nitrogens with two attached hydrogens (primary N) is 1. The summed E-state index contributed by atoms with van der Waals surface area (Å²) in [4.78, 5) is 27.0. The van der Waals surface area contributed by atoms with Crippen LogP contribution in [0.1, 0.15) is 46.5 Å². The van der Waals surface area contributed by atoms with Gasteiger partial charge in [-0.25, -0.2) is 9.59 Å². The van der Waals surface area contributed by atoms with Gasteiger partial charge >= 0.3 is 11.9 Å². The summed E-state index contributed by atoms with van der Waals surface area (Å²) in [6.45, 7) is 6.27. The van der Waals surface area contributed by atoms with Crippen molar-refractivity contribution in [3.63, 3.8) is 0 Å². The number of aromatic nitrogens is 1. The topological polar surface area (TPSA) is 86.8 Å². The van der Waals surface area contributed by atoms with Gasteiger partial charge in [0.1, 0.15) is 5.75 Å². The number of methoxy groups -OCH3 is 1. The van der Waals surface area contributed by atoms with Gasteiger partial charge in [-0.15, -0.1) is 0 Å². The molecule has 0 bridgehead atoms. The van der Waals surface area contributed by atoms with Crippen molar-refractivity contribution in [1.82, 2.24) is 9.58 Å². The first kappa shape index (κ1) is 21.6. The molecule has 0 fully saturated rings. The number of nitrogen functional groups attached to an aromatic ring is 1. The molecule has 0 saturated heterocycles. The lowest BCUT2D eigenvalue weighted by Crippen LogP contribution is -2.34. The zero-order chi connectivity index (χ0) is 22.8. The highest BCUT2D eigenvalue weighted by atomic mass is 16.5. The van der Waals surface area contributed by atoms with E-state index in [2.05, 4.69) is 24.8 Å². The van der Waals surface area contributed by atoms with Gasteiger partial charge in [-0.2, -0.15) is 0 Å². The number of carbonyl (C=O) groups excluding carboxylic acids is 2. The Kier molecular flexibility index (Phi) is 6.01. The van der Waals surface area contributed by atoms with Crippen LogP contribution in [0.5, 0.6) is 5.75 Å². The Hall–Kier alpha value is -3.58. The molecule has 7 heteroatoms. The summed E-state index contributed by atoms with van der Waals surface area (Å²) < 4.78 is 11.8. The molecule has 1 aromatic heterocycles. The number of benzene rings is 2. The molecular weight excluding hydrogens is 406 g/mol. The number of ether oxygens (including phenoxy) is 2. The van der Waals surface area contributed by atoms with E-state index in [-0.39, 0.29) is 5.75 Å². The number of rotatable bonds is 5. The highest BCUT2D eigenvalue weighted by Crippen LogP contribution is 2.31. The minimum absolute atomic E-state index is 0.276. The van der Waals surface area contributed by atoms with E-state index in [0.717, 1.165) is 36.0 Å². The molecule has 2 heterocycles. The summed E-state index contributed by atoms with van der Waals surface area (Å²) in [5.41, 5.74) is 3.83. The third kappa shape index (κ3) is 4.24. The van der Waals surface area contributed by atoms with Crippen LogP contribution >= 0.6 is 0 Å². The smallest absolute Gasteiger partial charge is 0.343 e. The second-order valence-corrected chi connectivity index (χ2v) is 8.16. The van der Waals surface area contributed by atoms with E-state index < -0.39 is 11.9 Å². The molecule has 7 nitrogen and oxygen atoms in total. The summed E-state index contributed by atoms with van der Waals surface area (Å²) in [5, 5.41) is 0.912. The van der Waals surface area contributed by atoms with E-state index in [4.69, 9.17) is 15.3 Å². The molecule has 0 spiro atoms. The number of nitrogens with zero attached hydrogens (tertiary/aromatic N) is 2. The van der Waals surface area contributed by atoms with Crippen molar-refractivity contribution in [2.45, 2.75) is 26.3 Å². The minimum Gasteiger partial charge on any atom is -0.465 e. The van der Waals surface area contributed by atoms with E-state index >= 15 is 0 Å². The molecule has 3 aromatic rings. The maximum atomic E-state index is 12.8. The Morgan fingerprint density at radius 2 is 1.84 bits per heavy atom. The van der Waals surface area contributed by atoms with Crippen LogP contribution in [0.2, 0.25) is 0 Å². The van der Waals surface area contributed by atoms with Crippen LogP contribution in [0, 0.1) is 0 Å². The molecule has 1 aliphatic rings. The summed E-state index contributed by atoms with van der Waals surface area (Å²) in [6.07, 6.45) is 5.07. The lowest BCUT2D eigenvalue weighted by molar-refractivity contribution is 0.0597. The van der Waals surface area contributed by atoms with Gasteiger partial charge in [0.2, 0.25) is 0 Å². The maximum Gasteiger partial charge on any atom is 0.343 e. The van der Waals surface area contributed by atoms with Crippen molar-refractivity contribution in [2.24, 2.45) is 0 Å². The second-order valence-electron chi connectivity index (χ2n) is 8.16. The zero-order valence-corrected chi connectivity index (χ0v) is 18.5. The fourth-order valence-electron chi connectivity index (χ4n) is 4.01. The van der Waals surface area contributed by atoms with Gasteiger partial charge in [0.15, 0.2) is 0 Å². The third-order valence-electron chi connectivity index (χ3n) is 5.85. The lowest BCUT2D eigenvalue weighted by Gasteiger charge is -2.29. The Bertz CT molecular complexity index is 1210. The molecule has 2 N–H and O–H groups in total. The van der Waals surface area contributed by atoms with Gasteiger partial charge in [-0.3, -0.25) is 9.58 Å². The fourth-order valence-corrected chi connectivity index (χ4v) is 4.01. The number of hydrogen-bond acceptors (Lipinski definition) is 6. The summed E-state index contributed by atoms with van der Waals surface area (Å²) >= 11 is 0. The van der Waals surface area contributed by atoms with Crippen molar-refractivity contribution >= 4 is 28.4 Å². The number of fused-ring (bicyclic) bond motifs is 1. The molecule has 0 atom stereocenters. The Labute approximate surface area is 187 Å². The summed E-state index contributed by atoms with van der Waals surface area (Å²) in [5.74, 6) is 5.47. The van der Waals surface area contributed by atoms with E-state index in [9.17, 15) is 9.59 Å². The van der Waals surface area contributed by atoms with Crippen molar-refractivity contribution in [2.75, 3.05) is 26.0 Å². The monoisotopic (exact) mass is 433 g/mol. The highest BCUT2D eigenvalue weighted by Gasteiger charge is 2.20. The van der Waals surface area contributed by atoms with Gasteiger partial charge < -0.3 is 15.3 Å². The van der Waals surface area contributed by atoms with Crippen LogP contribution in [0.4, 0.5) is 0 Å². The zero-order valence-electron chi connectivity index (χ0n) is 18.5. The predicted molar refractivity (Wildman–Crippen MR) is 124 cm³/mol. The number of esters is 2. The summed E-state index contributed by atoms with van der Waals surface area (Å²) in [7, 11) is 1.31. The SMILES string of the molecule is COC(=O)c1cccc(OC(=O)c2ccc3c(c2)c(C2=CCN(C(C)C)CC2)cn3N)c1. The number of hydrogen-bond donors (Lipinski definition) is 1. The molecule has 166 valence electrons. The first-order chi connectivity index (χ1) is 15.4. The molecule has 4 rings (SSSR count). The van der Waals surface area contributed by atoms with Crippen LogP contribution in [-0.4, -0.2) is 47.8 Å². The largest absolute Gasteiger partial charge is 0.465 e. The second kappa shape index (κ2) is 8.88. The lowest BCUT2D eigenvalue weighted by atomic mass is 9.97. The van der Waals surface area contributed by atoms with Gasteiger partial charge in [-0.05, 0) is 62.2 Å². The van der Waals surface area contributed by atoms with Crippen LogP contribution in [-0.2, 0) is 4.74 Å².